The Bertz CT molecular complexity index is 630. The minimum Gasteiger partial charge on any atom is -0.383 e. The predicted molar refractivity (Wildman–Crippen MR) is 85.0 cm³/mol. The number of ether oxygens (including phenoxy) is 1. The molecule has 0 bridgehead atoms. The van der Waals surface area contributed by atoms with E-state index in [9.17, 15) is 4.79 Å². The van der Waals surface area contributed by atoms with Crippen LogP contribution in [0, 0.1) is 0 Å². The van der Waals surface area contributed by atoms with Crippen molar-refractivity contribution in [3.05, 3.63) is 30.9 Å². The summed E-state index contributed by atoms with van der Waals surface area (Å²) in [7, 11) is 1.65. The first kappa shape index (κ1) is 15.7. The number of amides is 1. The zero-order valence-electron chi connectivity index (χ0n) is 13.2. The van der Waals surface area contributed by atoms with Crippen molar-refractivity contribution in [2.45, 2.75) is 24.9 Å². The van der Waals surface area contributed by atoms with E-state index in [2.05, 4.69) is 20.8 Å². The van der Waals surface area contributed by atoms with Crippen molar-refractivity contribution in [3.63, 3.8) is 0 Å². The highest BCUT2D eigenvalue weighted by atomic mass is 16.5. The van der Waals surface area contributed by atoms with Crippen molar-refractivity contribution in [1.29, 1.82) is 0 Å². The van der Waals surface area contributed by atoms with Crippen LogP contribution >= 0.6 is 0 Å². The van der Waals surface area contributed by atoms with Gasteiger partial charge in [0.15, 0.2) is 0 Å². The quantitative estimate of drug-likeness (QED) is 0.807. The maximum atomic E-state index is 12.9. The van der Waals surface area contributed by atoms with Gasteiger partial charge in [0.2, 0.25) is 0 Å². The average Bonchev–Trinajstić information content (AvgIpc) is 3.25. The monoisotopic (exact) mass is 318 g/mol. The molecule has 8 nitrogen and oxygen atoms in total. The minimum absolute atomic E-state index is 0.0472. The summed E-state index contributed by atoms with van der Waals surface area (Å²) in [5, 5.41) is 14.8. The van der Waals surface area contributed by atoms with Gasteiger partial charge in [-0.2, -0.15) is 10.2 Å². The maximum absolute atomic E-state index is 12.9. The number of hydrogen-bond donors (Lipinski definition) is 2. The van der Waals surface area contributed by atoms with Crippen LogP contribution in [0.5, 0.6) is 0 Å². The molecule has 0 unspecified atom stereocenters. The van der Waals surface area contributed by atoms with Gasteiger partial charge in [0.05, 0.1) is 25.0 Å². The summed E-state index contributed by atoms with van der Waals surface area (Å²) in [6, 6.07) is 1.85. The molecule has 0 spiro atoms. The molecule has 0 aliphatic carbocycles. The highest BCUT2D eigenvalue weighted by Gasteiger charge is 2.42. The number of carbonyl (C=O) groups is 1. The van der Waals surface area contributed by atoms with Crippen LogP contribution in [0.4, 0.5) is 5.69 Å². The second-order valence-electron chi connectivity index (χ2n) is 5.67. The molecular weight excluding hydrogens is 296 g/mol. The molecule has 1 amide bonds. The van der Waals surface area contributed by atoms with E-state index in [1.165, 1.54) is 0 Å². The molecule has 1 saturated heterocycles. The molecule has 0 aromatic carbocycles. The maximum Gasteiger partial charge on any atom is 0.252 e. The van der Waals surface area contributed by atoms with Crippen LogP contribution in [0.3, 0.4) is 0 Å². The van der Waals surface area contributed by atoms with Gasteiger partial charge < -0.3 is 15.4 Å². The Balaban J connectivity index is 1.75. The van der Waals surface area contributed by atoms with E-state index < -0.39 is 5.54 Å². The first-order valence-corrected chi connectivity index (χ1v) is 7.78. The second kappa shape index (κ2) is 6.93. The van der Waals surface area contributed by atoms with Gasteiger partial charge in [0.1, 0.15) is 5.54 Å². The van der Waals surface area contributed by atoms with E-state index in [0.29, 0.717) is 31.7 Å². The fourth-order valence-corrected chi connectivity index (χ4v) is 2.91. The van der Waals surface area contributed by atoms with E-state index >= 15 is 0 Å². The predicted octanol–water partition coefficient (Wildman–Crippen LogP) is 0.443. The first-order chi connectivity index (χ1) is 11.2. The average molecular weight is 318 g/mol. The third-order valence-corrected chi connectivity index (χ3v) is 4.21. The molecule has 0 saturated carbocycles. The molecule has 3 heterocycles. The van der Waals surface area contributed by atoms with Gasteiger partial charge in [-0.3, -0.25) is 14.2 Å². The van der Waals surface area contributed by atoms with Crippen LogP contribution in [0.25, 0.3) is 0 Å². The third-order valence-electron chi connectivity index (χ3n) is 4.21. The number of nitrogens with one attached hydrogen (secondary N) is 2. The molecule has 2 N–H and O–H groups in total. The van der Waals surface area contributed by atoms with Gasteiger partial charge in [-0.05, 0) is 32.0 Å². The number of nitrogens with zero attached hydrogens (tertiary/aromatic N) is 4. The molecule has 1 aliphatic rings. The largest absolute Gasteiger partial charge is 0.383 e. The van der Waals surface area contributed by atoms with Crippen molar-refractivity contribution in [3.8, 4) is 0 Å². The third kappa shape index (κ3) is 3.27. The van der Waals surface area contributed by atoms with E-state index in [1.54, 1.807) is 28.9 Å². The van der Waals surface area contributed by atoms with E-state index in [1.807, 2.05) is 18.5 Å². The normalized spacial score (nSPS) is 17.1. The van der Waals surface area contributed by atoms with E-state index in [-0.39, 0.29) is 5.91 Å². The molecule has 23 heavy (non-hydrogen) atoms. The molecule has 8 heteroatoms. The fourth-order valence-electron chi connectivity index (χ4n) is 2.91. The highest BCUT2D eigenvalue weighted by molar-refractivity contribution is 5.96. The minimum atomic E-state index is -0.649. The number of carbonyl (C=O) groups excluding carboxylic acids is 1. The van der Waals surface area contributed by atoms with Gasteiger partial charge >= 0.3 is 0 Å². The SMILES string of the molecule is COCCn1cc(NC(=O)C2(n3cccn3)CCNCC2)cn1. The van der Waals surface area contributed by atoms with Crippen molar-refractivity contribution in [2.75, 3.05) is 32.1 Å². The Hall–Kier alpha value is -2.19. The fraction of sp³-hybridized carbons (Fsp3) is 0.533. The molecule has 124 valence electrons. The number of rotatable bonds is 6. The first-order valence-electron chi connectivity index (χ1n) is 7.78. The van der Waals surface area contributed by atoms with Crippen LogP contribution < -0.4 is 10.6 Å². The summed E-state index contributed by atoms with van der Waals surface area (Å²) in [4.78, 5) is 12.9. The summed E-state index contributed by atoms with van der Waals surface area (Å²) >= 11 is 0. The van der Waals surface area contributed by atoms with Gasteiger partial charge in [0, 0.05) is 25.7 Å². The Morgan fingerprint density at radius 1 is 1.43 bits per heavy atom. The number of piperidine rings is 1. The lowest BCUT2D eigenvalue weighted by Gasteiger charge is -2.36. The summed E-state index contributed by atoms with van der Waals surface area (Å²) in [5.41, 5.74) is 0.0415. The Kier molecular flexibility index (Phi) is 4.73. The lowest BCUT2D eigenvalue weighted by atomic mass is 9.87. The summed E-state index contributed by atoms with van der Waals surface area (Å²) in [6.45, 7) is 2.82. The van der Waals surface area contributed by atoms with Gasteiger partial charge in [0.25, 0.3) is 5.91 Å². The van der Waals surface area contributed by atoms with Crippen LogP contribution in [0.2, 0.25) is 0 Å². The van der Waals surface area contributed by atoms with Gasteiger partial charge in [-0.1, -0.05) is 0 Å². The molecular formula is C15H22N6O2. The Morgan fingerprint density at radius 3 is 2.96 bits per heavy atom. The standard InChI is InChI=1S/C15H22N6O2/c1-23-10-9-20-12-13(11-18-20)19-14(22)15(3-6-16-7-4-15)21-8-2-5-17-21/h2,5,8,11-12,16H,3-4,6-7,9-10H2,1H3,(H,19,22). The molecule has 1 fully saturated rings. The smallest absolute Gasteiger partial charge is 0.252 e. The van der Waals surface area contributed by atoms with Crippen LogP contribution in [0.15, 0.2) is 30.9 Å². The van der Waals surface area contributed by atoms with Gasteiger partial charge in [-0.15, -0.1) is 0 Å². The van der Waals surface area contributed by atoms with Crippen molar-refractivity contribution in [1.82, 2.24) is 24.9 Å². The Morgan fingerprint density at radius 2 is 2.26 bits per heavy atom. The van der Waals surface area contributed by atoms with E-state index in [0.717, 1.165) is 13.1 Å². The van der Waals surface area contributed by atoms with Gasteiger partial charge in [-0.25, -0.2) is 0 Å². The highest BCUT2D eigenvalue weighted by Crippen LogP contribution is 2.28. The van der Waals surface area contributed by atoms with Crippen LogP contribution in [-0.4, -0.2) is 52.3 Å². The number of hydrogen-bond acceptors (Lipinski definition) is 5. The lowest BCUT2D eigenvalue weighted by molar-refractivity contribution is -0.126. The van der Waals surface area contributed by atoms with Crippen molar-refractivity contribution in [2.24, 2.45) is 0 Å². The van der Waals surface area contributed by atoms with Crippen molar-refractivity contribution < 1.29 is 9.53 Å². The number of anilines is 1. The molecule has 2 aromatic rings. The van der Waals surface area contributed by atoms with Crippen LogP contribution in [0.1, 0.15) is 12.8 Å². The molecule has 0 radical (unpaired) electrons. The lowest BCUT2D eigenvalue weighted by Crippen LogP contribution is -2.52. The number of methoxy groups -OCH3 is 1. The zero-order chi connectivity index (χ0) is 16.1. The van der Waals surface area contributed by atoms with E-state index in [4.69, 9.17) is 4.74 Å². The summed E-state index contributed by atoms with van der Waals surface area (Å²) < 4.78 is 8.56. The van der Waals surface area contributed by atoms with Crippen molar-refractivity contribution >= 4 is 11.6 Å². The summed E-state index contributed by atoms with van der Waals surface area (Å²) in [5.74, 6) is -0.0472. The molecule has 0 atom stereocenters. The topological polar surface area (TPSA) is 86.0 Å². The summed E-state index contributed by atoms with van der Waals surface area (Å²) in [6.07, 6.45) is 8.45. The Labute approximate surface area is 134 Å². The molecule has 3 rings (SSSR count). The second-order valence-corrected chi connectivity index (χ2v) is 5.67. The zero-order valence-corrected chi connectivity index (χ0v) is 13.2. The molecule has 2 aromatic heterocycles. The molecule has 1 aliphatic heterocycles. The number of aromatic nitrogens is 4. The van der Waals surface area contributed by atoms with Crippen LogP contribution in [-0.2, 0) is 21.6 Å².